The van der Waals surface area contributed by atoms with Crippen molar-refractivity contribution in [3.63, 3.8) is 0 Å². The molecule has 0 spiro atoms. The van der Waals surface area contributed by atoms with E-state index in [0.29, 0.717) is 0 Å². The summed E-state index contributed by atoms with van der Waals surface area (Å²) in [4.78, 5) is 0. The zero-order valence-electron chi connectivity index (χ0n) is 8.79. The molecule has 2 aromatic carbocycles. The van der Waals surface area contributed by atoms with Crippen LogP contribution >= 0.6 is 22.6 Å². The van der Waals surface area contributed by atoms with Gasteiger partial charge in [0.25, 0.3) is 0 Å². The molecule has 0 fully saturated rings. The van der Waals surface area contributed by atoms with Gasteiger partial charge < -0.3 is 0 Å². The Morgan fingerprint density at radius 3 is 1.35 bits per heavy atom. The number of hydrogen-bond acceptors (Lipinski definition) is 0. The van der Waals surface area contributed by atoms with E-state index in [9.17, 15) is 13.2 Å². The quantitative estimate of drug-likeness (QED) is 0.587. The summed E-state index contributed by atoms with van der Waals surface area (Å²) in [7, 11) is 0. The van der Waals surface area contributed by atoms with E-state index in [1.807, 2.05) is 18.2 Å². The third-order valence-corrected chi connectivity index (χ3v) is 2.55. The highest BCUT2D eigenvalue weighted by atomic mass is 127. The lowest BCUT2D eigenvalue weighted by molar-refractivity contribution is -0.137. The lowest BCUT2D eigenvalue weighted by Gasteiger charge is -2.03. The van der Waals surface area contributed by atoms with Crippen molar-refractivity contribution in [2.75, 3.05) is 0 Å². The first-order valence-corrected chi connectivity index (χ1v) is 5.91. The van der Waals surface area contributed by atoms with Gasteiger partial charge in [0.2, 0.25) is 0 Å². The van der Waals surface area contributed by atoms with Crippen LogP contribution in [0.4, 0.5) is 13.2 Å². The minimum Gasteiger partial charge on any atom is -0.166 e. The number of rotatable bonds is 0. The van der Waals surface area contributed by atoms with Crippen molar-refractivity contribution in [2.24, 2.45) is 0 Å². The Hall–Kier alpha value is -1.04. The molecule has 0 aromatic heterocycles. The minimum atomic E-state index is -4.21. The summed E-state index contributed by atoms with van der Waals surface area (Å²) in [5.41, 5.74) is -0.602. The third kappa shape index (κ3) is 5.72. The lowest BCUT2D eigenvalue weighted by atomic mass is 10.2. The monoisotopic (exact) mass is 350 g/mol. The van der Waals surface area contributed by atoms with Gasteiger partial charge in [-0.15, -0.1) is 0 Å². The van der Waals surface area contributed by atoms with E-state index in [0.717, 1.165) is 12.1 Å². The van der Waals surface area contributed by atoms with Gasteiger partial charge in [-0.1, -0.05) is 48.5 Å². The molecule has 0 heterocycles. The highest BCUT2D eigenvalue weighted by Gasteiger charge is 2.29. The maximum atomic E-state index is 11.8. The van der Waals surface area contributed by atoms with Crippen molar-refractivity contribution in [1.82, 2.24) is 0 Å². The molecule has 17 heavy (non-hydrogen) atoms. The molecular weight excluding hydrogens is 340 g/mol. The fourth-order valence-corrected chi connectivity index (χ4v) is 1.46. The van der Waals surface area contributed by atoms with Gasteiger partial charge in [0.1, 0.15) is 0 Å². The van der Waals surface area contributed by atoms with Crippen LogP contribution in [0.2, 0.25) is 0 Å². The summed E-state index contributed by atoms with van der Waals surface area (Å²) in [6, 6.07) is 16.6. The smallest absolute Gasteiger partial charge is 0.166 e. The molecule has 90 valence electrons. The Kier molecular flexibility index (Phi) is 5.47. The summed E-state index contributed by atoms with van der Waals surface area (Å²) in [5.74, 6) is 0. The summed E-state index contributed by atoms with van der Waals surface area (Å²) < 4.78 is 36.7. The zero-order valence-corrected chi connectivity index (χ0v) is 10.9. The van der Waals surface area contributed by atoms with E-state index >= 15 is 0 Å². The predicted octanol–water partition coefficient (Wildman–Crippen LogP) is 5.00. The Bertz CT molecular complexity index is 423. The highest BCUT2D eigenvalue weighted by molar-refractivity contribution is 14.1. The molecule has 0 saturated carbocycles. The van der Waals surface area contributed by atoms with Crippen molar-refractivity contribution in [1.29, 1.82) is 0 Å². The first-order valence-electron chi connectivity index (χ1n) is 4.83. The molecule has 0 unspecified atom stereocenters. The molecule has 0 nitrogen and oxygen atoms in total. The maximum Gasteiger partial charge on any atom is 0.416 e. The molecular formula is C13H10F3I. The minimum absolute atomic E-state index is 0.602. The lowest BCUT2D eigenvalue weighted by Crippen LogP contribution is -2.03. The molecule has 0 radical (unpaired) electrons. The maximum absolute atomic E-state index is 11.8. The van der Waals surface area contributed by atoms with Gasteiger partial charge >= 0.3 is 6.18 Å². The van der Waals surface area contributed by atoms with Gasteiger partial charge in [-0.05, 0) is 34.7 Å². The van der Waals surface area contributed by atoms with Crippen LogP contribution in [0.15, 0.2) is 60.7 Å². The molecule has 0 aliphatic rings. The molecule has 0 saturated heterocycles. The van der Waals surface area contributed by atoms with Crippen LogP contribution < -0.4 is 0 Å². The van der Waals surface area contributed by atoms with Crippen molar-refractivity contribution >= 4 is 22.6 Å². The van der Waals surface area contributed by atoms with Crippen LogP contribution in [-0.2, 0) is 6.18 Å². The SMILES string of the molecule is FC(F)(F)c1ccccc1.Ic1ccccc1. The van der Waals surface area contributed by atoms with E-state index in [1.165, 1.54) is 15.7 Å². The fourth-order valence-electron chi connectivity index (χ4n) is 1.04. The Morgan fingerprint density at radius 2 is 1.12 bits per heavy atom. The highest BCUT2D eigenvalue weighted by Crippen LogP contribution is 2.28. The third-order valence-electron chi connectivity index (χ3n) is 1.83. The summed E-state index contributed by atoms with van der Waals surface area (Å²) in [6.45, 7) is 0. The van der Waals surface area contributed by atoms with Gasteiger partial charge in [0.15, 0.2) is 0 Å². The molecule has 2 rings (SSSR count). The molecule has 0 atom stereocenters. The van der Waals surface area contributed by atoms with E-state index in [-0.39, 0.29) is 0 Å². The van der Waals surface area contributed by atoms with Crippen LogP contribution in [0.5, 0.6) is 0 Å². The first-order chi connectivity index (χ1) is 8.00. The molecule has 0 N–H and O–H groups in total. The number of halogens is 4. The normalized spacial score (nSPS) is 10.4. The predicted molar refractivity (Wildman–Crippen MR) is 70.6 cm³/mol. The van der Waals surface area contributed by atoms with Crippen LogP contribution in [0.25, 0.3) is 0 Å². The summed E-state index contributed by atoms with van der Waals surface area (Å²) in [5, 5.41) is 0. The Labute approximate surface area is 112 Å². The largest absolute Gasteiger partial charge is 0.416 e. The van der Waals surface area contributed by atoms with Crippen molar-refractivity contribution in [3.8, 4) is 0 Å². The fraction of sp³-hybridized carbons (Fsp3) is 0.0769. The van der Waals surface area contributed by atoms with Gasteiger partial charge in [-0.2, -0.15) is 13.2 Å². The van der Waals surface area contributed by atoms with Crippen molar-refractivity contribution < 1.29 is 13.2 Å². The van der Waals surface area contributed by atoms with Gasteiger partial charge in [0.05, 0.1) is 5.56 Å². The Morgan fingerprint density at radius 1 is 0.706 bits per heavy atom. The first kappa shape index (κ1) is 14.0. The van der Waals surface area contributed by atoms with Gasteiger partial charge in [0, 0.05) is 3.57 Å². The van der Waals surface area contributed by atoms with E-state index in [1.54, 1.807) is 6.07 Å². The van der Waals surface area contributed by atoms with Gasteiger partial charge in [-0.3, -0.25) is 0 Å². The van der Waals surface area contributed by atoms with Crippen LogP contribution in [0.1, 0.15) is 5.56 Å². The number of alkyl halides is 3. The summed E-state index contributed by atoms with van der Waals surface area (Å²) >= 11 is 2.28. The Balaban J connectivity index is 0.000000181. The molecule has 2 aromatic rings. The average Bonchev–Trinajstić information content (AvgIpc) is 2.31. The second kappa shape index (κ2) is 6.64. The molecule has 0 aliphatic heterocycles. The molecule has 4 heteroatoms. The summed E-state index contributed by atoms with van der Waals surface area (Å²) in [6.07, 6.45) is -4.21. The number of benzene rings is 2. The number of hydrogen-bond donors (Lipinski definition) is 0. The second-order valence-corrected chi connectivity index (χ2v) is 4.40. The zero-order chi connectivity index (χ0) is 12.7. The van der Waals surface area contributed by atoms with E-state index in [2.05, 4.69) is 34.7 Å². The standard InChI is InChI=1S/C7H5F3.C6H5I/c8-7(9,10)6-4-2-1-3-5-6;7-6-4-2-1-3-5-6/h1-5H;1-5H. The van der Waals surface area contributed by atoms with Crippen molar-refractivity contribution in [2.45, 2.75) is 6.18 Å². The second-order valence-electron chi connectivity index (χ2n) is 3.16. The molecule has 0 aliphatic carbocycles. The topological polar surface area (TPSA) is 0 Å². The van der Waals surface area contributed by atoms with Gasteiger partial charge in [-0.25, -0.2) is 0 Å². The van der Waals surface area contributed by atoms with Crippen molar-refractivity contribution in [3.05, 3.63) is 69.8 Å². The molecule has 0 bridgehead atoms. The van der Waals surface area contributed by atoms with Crippen LogP contribution in [0, 0.1) is 3.57 Å². The van der Waals surface area contributed by atoms with E-state index < -0.39 is 11.7 Å². The van der Waals surface area contributed by atoms with E-state index in [4.69, 9.17) is 0 Å². The van der Waals surface area contributed by atoms with Crippen LogP contribution in [0.3, 0.4) is 0 Å². The average molecular weight is 350 g/mol. The molecule has 0 amide bonds. The van der Waals surface area contributed by atoms with Crippen LogP contribution in [-0.4, -0.2) is 0 Å².